The molecule has 1 aliphatic heterocycles. The van der Waals surface area contributed by atoms with Crippen molar-refractivity contribution in [3.05, 3.63) is 0 Å². The molecule has 1 saturated heterocycles. The van der Waals surface area contributed by atoms with E-state index in [9.17, 15) is 29.1 Å². The molecule has 0 bridgehead atoms. The molecule has 0 aromatic rings. The van der Waals surface area contributed by atoms with Crippen LogP contribution in [0.3, 0.4) is 0 Å². The molecule has 3 unspecified atom stereocenters. The third kappa shape index (κ3) is 5.99. The summed E-state index contributed by atoms with van der Waals surface area (Å²) in [5, 5.41) is 22.9. The van der Waals surface area contributed by atoms with Gasteiger partial charge >= 0.3 is 5.97 Å². The average molecular weight is 372 g/mol. The lowest BCUT2D eigenvalue weighted by atomic mass is 10.1. The fraction of sp³-hybridized carbons (Fsp3) is 0.667. The van der Waals surface area contributed by atoms with E-state index in [0.717, 1.165) is 0 Å². The maximum atomic E-state index is 12.3. The predicted octanol–water partition coefficient (Wildman–Crippen LogP) is -2.69. The smallest absolute Gasteiger partial charge is 0.326 e. The second kappa shape index (κ2) is 9.70. The molecule has 0 spiro atoms. The molecule has 11 heteroatoms. The summed E-state index contributed by atoms with van der Waals surface area (Å²) in [6.45, 7) is 1.00. The predicted molar refractivity (Wildman–Crippen MR) is 87.4 cm³/mol. The van der Waals surface area contributed by atoms with Gasteiger partial charge in [-0.1, -0.05) is 0 Å². The zero-order chi connectivity index (χ0) is 19.9. The van der Waals surface area contributed by atoms with Gasteiger partial charge in [0.1, 0.15) is 18.1 Å². The first-order chi connectivity index (χ1) is 12.2. The number of primary amides is 1. The van der Waals surface area contributed by atoms with Crippen LogP contribution in [-0.2, 0) is 24.0 Å². The second-order valence-corrected chi connectivity index (χ2v) is 6.02. The molecule has 6 N–H and O–H groups in total. The molecule has 1 fully saturated rings. The lowest BCUT2D eigenvalue weighted by molar-refractivity contribution is -0.143. The van der Waals surface area contributed by atoms with Crippen molar-refractivity contribution in [2.45, 2.75) is 50.7 Å². The summed E-state index contributed by atoms with van der Waals surface area (Å²) in [6, 6.07) is -3.51. The van der Waals surface area contributed by atoms with Crippen molar-refractivity contribution in [1.82, 2.24) is 15.5 Å². The van der Waals surface area contributed by atoms with Crippen LogP contribution in [0.1, 0.15) is 32.6 Å². The summed E-state index contributed by atoms with van der Waals surface area (Å²) in [7, 11) is 0. The minimum atomic E-state index is -1.39. The number of likely N-dealkylation sites (tertiary alicyclic amines) is 1. The number of aliphatic carboxylic acids is 1. The largest absolute Gasteiger partial charge is 0.480 e. The molecule has 1 rings (SSSR count). The number of nitrogens with zero attached hydrogens (tertiary/aromatic N) is 1. The van der Waals surface area contributed by atoms with Crippen LogP contribution in [0.2, 0.25) is 0 Å². The molecule has 26 heavy (non-hydrogen) atoms. The van der Waals surface area contributed by atoms with Gasteiger partial charge in [-0.05, 0) is 19.3 Å². The van der Waals surface area contributed by atoms with E-state index in [-0.39, 0.29) is 18.7 Å². The van der Waals surface area contributed by atoms with Crippen LogP contribution in [0.5, 0.6) is 0 Å². The number of aliphatic hydroxyl groups is 1. The Morgan fingerprint density at radius 1 is 1.19 bits per heavy atom. The van der Waals surface area contributed by atoms with Gasteiger partial charge in [0.25, 0.3) is 0 Å². The quantitative estimate of drug-likeness (QED) is 0.292. The Morgan fingerprint density at radius 2 is 1.85 bits per heavy atom. The monoisotopic (exact) mass is 372 g/mol. The second-order valence-electron chi connectivity index (χ2n) is 6.02. The fourth-order valence-electron chi connectivity index (χ4n) is 2.69. The van der Waals surface area contributed by atoms with Crippen molar-refractivity contribution in [1.29, 1.82) is 0 Å². The summed E-state index contributed by atoms with van der Waals surface area (Å²) in [5.74, 6) is -3.88. The summed E-state index contributed by atoms with van der Waals surface area (Å²) in [4.78, 5) is 59.2. The van der Waals surface area contributed by atoms with Crippen molar-refractivity contribution < 1.29 is 34.2 Å². The van der Waals surface area contributed by atoms with E-state index in [1.807, 2.05) is 0 Å². The summed E-state index contributed by atoms with van der Waals surface area (Å²) in [6.07, 6.45) is 0.607. The standard InChI is InChI=1S/C15H24N4O7/c1-8(21)19-6-2-3-11(19)14(24)18-10(7-20)13(23)17-9(15(25)26)4-5-12(16)22/h9-11,20H,2-7H2,1H3,(H2,16,22)(H,17,23)(H,18,24)(H,25,26). The Balaban J connectivity index is 2.69. The van der Waals surface area contributed by atoms with Crippen molar-refractivity contribution in [3.8, 4) is 0 Å². The molecule has 0 radical (unpaired) electrons. The van der Waals surface area contributed by atoms with Gasteiger partial charge in [-0.15, -0.1) is 0 Å². The van der Waals surface area contributed by atoms with Crippen molar-refractivity contribution >= 4 is 29.6 Å². The third-order valence-corrected chi connectivity index (χ3v) is 4.07. The molecule has 0 aromatic heterocycles. The molecule has 0 aromatic carbocycles. The molecule has 0 saturated carbocycles. The Kier molecular flexibility index (Phi) is 7.97. The minimum absolute atomic E-state index is 0.219. The van der Waals surface area contributed by atoms with E-state index in [4.69, 9.17) is 10.8 Å². The van der Waals surface area contributed by atoms with Crippen molar-refractivity contribution in [2.75, 3.05) is 13.2 Å². The van der Waals surface area contributed by atoms with Crippen LogP contribution in [0.25, 0.3) is 0 Å². The first kappa shape index (κ1) is 21.4. The van der Waals surface area contributed by atoms with E-state index in [1.165, 1.54) is 11.8 Å². The minimum Gasteiger partial charge on any atom is -0.480 e. The van der Waals surface area contributed by atoms with E-state index >= 15 is 0 Å². The van der Waals surface area contributed by atoms with Gasteiger partial charge < -0.3 is 31.5 Å². The number of nitrogens with two attached hydrogens (primary N) is 1. The number of hydrogen-bond donors (Lipinski definition) is 5. The lowest BCUT2D eigenvalue weighted by Gasteiger charge is -2.25. The van der Waals surface area contributed by atoms with Crippen LogP contribution in [0.15, 0.2) is 0 Å². The molecular formula is C15H24N4O7. The average Bonchev–Trinajstić information content (AvgIpc) is 3.05. The van der Waals surface area contributed by atoms with E-state index in [0.29, 0.717) is 19.4 Å². The van der Waals surface area contributed by atoms with Gasteiger partial charge in [-0.2, -0.15) is 0 Å². The van der Waals surface area contributed by atoms with Crippen LogP contribution in [0, 0.1) is 0 Å². The zero-order valence-electron chi connectivity index (χ0n) is 14.4. The fourth-order valence-corrected chi connectivity index (χ4v) is 2.69. The first-order valence-corrected chi connectivity index (χ1v) is 8.17. The number of aliphatic hydroxyl groups excluding tert-OH is 1. The molecule has 0 aliphatic carbocycles. The van der Waals surface area contributed by atoms with E-state index in [2.05, 4.69) is 10.6 Å². The summed E-state index contributed by atoms with van der Waals surface area (Å²) < 4.78 is 0. The first-order valence-electron chi connectivity index (χ1n) is 8.17. The van der Waals surface area contributed by atoms with Crippen LogP contribution in [-0.4, -0.2) is 76.0 Å². The highest BCUT2D eigenvalue weighted by Crippen LogP contribution is 2.17. The van der Waals surface area contributed by atoms with Gasteiger partial charge in [0.2, 0.25) is 23.6 Å². The number of carbonyl (C=O) groups excluding carboxylic acids is 4. The Labute approximate surface area is 149 Å². The van der Waals surface area contributed by atoms with Gasteiger partial charge in [0.15, 0.2) is 0 Å². The van der Waals surface area contributed by atoms with Crippen LogP contribution < -0.4 is 16.4 Å². The molecule has 1 heterocycles. The van der Waals surface area contributed by atoms with Crippen LogP contribution >= 0.6 is 0 Å². The summed E-state index contributed by atoms with van der Waals surface area (Å²) in [5.41, 5.74) is 4.96. The molecule has 4 amide bonds. The number of hydrogen-bond acceptors (Lipinski definition) is 6. The highest BCUT2D eigenvalue weighted by Gasteiger charge is 2.35. The topological polar surface area (TPSA) is 179 Å². The number of rotatable bonds is 9. The zero-order valence-corrected chi connectivity index (χ0v) is 14.4. The highest BCUT2D eigenvalue weighted by atomic mass is 16.4. The third-order valence-electron chi connectivity index (χ3n) is 4.07. The van der Waals surface area contributed by atoms with Crippen molar-refractivity contribution in [2.24, 2.45) is 5.73 Å². The van der Waals surface area contributed by atoms with E-state index in [1.54, 1.807) is 0 Å². The maximum absolute atomic E-state index is 12.3. The van der Waals surface area contributed by atoms with Gasteiger partial charge in [-0.25, -0.2) is 4.79 Å². The number of carboxylic acid groups (broad SMARTS) is 1. The van der Waals surface area contributed by atoms with Gasteiger partial charge in [0.05, 0.1) is 6.61 Å². The highest BCUT2D eigenvalue weighted by molar-refractivity contribution is 5.93. The van der Waals surface area contributed by atoms with Crippen molar-refractivity contribution in [3.63, 3.8) is 0 Å². The normalized spacial score (nSPS) is 18.7. The number of nitrogens with one attached hydrogen (secondary N) is 2. The Morgan fingerprint density at radius 3 is 2.35 bits per heavy atom. The summed E-state index contributed by atoms with van der Waals surface area (Å²) >= 11 is 0. The van der Waals surface area contributed by atoms with Gasteiger partial charge in [-0.3, -0.25) is 19.2 Å². The van der Waals surface area contributed by atoms with Crippen LogP contribution in [0.4, 0.5) is 0 Å². The number of amides is 4. The molecular weight excluding hydrogens is 348 g/mol. The maximum Gasteiger partial charge on any atom is 0.326 e. The van der Waals surface area contributed by atoms with E-state index < -0.39 is 48.4 Å². The molecule has 146 valence electrons. The molecule has 1 aliphatic rings. The number of carbonyl (C=O) groups is 5. The lowest BCUT2D eigenvalue weighted by Crippen LogP contribution is -2.56. The number of carboxylic acids is 1. The van der Waals surface area contributed by atoms with Gasteiger partial charge in [0, 0.05) is 19.9 Å². The Hall–Kier alpha value is -2.69. The SMILES string of the molecule is CC(=O)N1CCCC1C(=O)NC(CO)C(=O)NC(CCC(N)=O)C(=O)O. The molecule has 3 atom stereocenters. The molecule has 11 nitrogen and oxygen atoms in total. The Bertz CT molecular complexity index is 580.